The Morgan fingerprint density at radius 2 is 1.67 bits per heavy atom. The number of Topliss-reactive ketones (excluding diaryl/α,β-unsaturated/α-hetero) is 1. The number of rotatable bonds is 9. The molecule has 0 saturated heterocycles. The molecule has 1 unspecified atom stereocenters. The summed E-state index contributed by atoms with van der Waals surface area (Å²) >= 11 is 0. The number of aryl methyl sites for hydroxylation is 2. The molecule has 0 aliphatic rings. The van der Waals surface area contributed by atoms with Crippen molar-refractivity contribution in [1.29, 1.82) is 0 Å². The first kappa shape index (κ1) is 24.5. The topological polar surface area (TPSA) is 63.6 Å². The SMILES string of the molecule is CCC(CCc1ccc(OCC(=O)C(C)(C)C)c(C)c1)c1ccc2cc(C(=O)O)ccc2c1. The fourth-order valence-electron chi connectivity index (χ4n) is 3.99. The van der Waals surface area contributed by atoms with E-state index >= 15 is 0 Å². The zero-order chi connectivity index (χ0) is 24.2. The molecule has 0 aliphatic carbocycles. The van der Waals surface area contributed by atoms with Gasteiger partial charge in [-0.3, -0.25) is 4.79 Å². The molecule has 174 valence electrons. The average molecular weight is 447 g/mol. The number of aromatic carboxylic acids is 1. The highest BCUT2D eigenvalue weighted by Gasteiger charge is 2.21. The van der Waals surface area contributed by atoms with Gasteiger partial charge in [0.1, 0.15) is 12.4 Å². The van der Waals surface area contributed by atoms with Gasteiger partial charge < -0.3 is 9.84 Å². The minimum atomic E-state index is -0.903. The van der Waals surface area contributed by atoms with Gasteiger partial charge in [0.25, 0.3) is 0 Å². The maximum atomic E-state index is 12.1. The Balaban J connectivity index is 1.66. The highest BCUT2D eigenvalue weighted by Crippen LogP contribution is 2.29. The predicted molar refractivity (Wildman–Crippen MR) is 133 cm³/mol. The minimum absolute atomic E-state index is 0.0892. The van der Waals surface area contributed by atoms with E-state index in [1.165, 1.54) is 11.1 Å². The Labute approximate surface area is 196 Å². The summed E-state index contributed by atoms with van der Waals surface area (Å²) in [6, 6.07) is 17.8. The summed E-state index contributed by atoms with van der Waals surface area (Å²) in [7, 11) is 0. The second kappa shape index (κ2) is 10.2. The summed E-state index contributed by atoms with van der Waals surface area (Å²) in [5.74, 6) is 0.374. The fraction of sp³-hybridized carbons (Fsp3) is 0.379. The van der Waals surface area contributed by atoms with Gasteiger partial charge in [0.15, 0.2) is 5.78 Å². The Kier molecular flexibility index (Phi) is 7.57. The van der Waals surface area contributed by atoms with Gasteiger partial charge in [-0.15, -0.1) is 0 Å². The van der Waals surface area contributed by atoms with Crippen molar-refractivity contribution in [3.63, 3.8) is 0 Å². The quantitative estimate of drug-likeness (QED) is 0.386. The van der Waals surface area contributed by atoms with Crippen LogP contribution in [0.3, 0.4) is 0 Å². The van der Waals surface area contributed by atoms with Gasteiger partial charge in [-0.2, -0.15) is 0 Å². The van der Waals surface area contributed by atoms with Gasteiger partial charge in [-0.1, -0.05) is 64.1 Å². The number of hydrogen-bond acceptors (Lipinski definition) is 3. The van der Waals surface area contributed by atoms with E-state index in [1.54, 1.807) is 12.1 Å². The fourth-order valence-corrected chi connectivity index (χ4v) is 3.99. The summed E-state index contributed by atoms with van der Waals surface area (Å²) in [4.78, 5) is 23.4. The van der Waals surface area contributed by atoms with Crippen LogP contribution < -0.4 is 4.74 Å². The first-order valence-corrected chi connectivity index (χ1v) is 11.6. The van der Waals surface area contributed by atoms with Crippen LogP contribution in [0.15, 0.2) is 54.6 Å². The van der Waals surface area contributed by atoms with E-state index in [-0.39, 0.29) is 12.4 Å². The van der Waals surface area contributed by atoms with Gasteiger partial charge >= 0.3 is 5.97 Å². The van der Waals surface area contributed by atoms with Crippen molar-refractivity contribution in [3.05, 3.63) is 76.9 Å². The summed E-state index contributed by atoms with van der Waals surface area (Å²) in [6.07, 6.45) is 3.02. The lowest BCUT2D eigenvalue weighted by Gasteiger charge is -2.18. The van der Waals surface area contributed by atoms with Crippen molar-refractivity contribution in [1.82, 2.24) is 0 Å². The third-order valence-electron chi connectivity index (χ3n) is 6.29. The summed E-state index contributed by atoms with van der Waals surface area (Å²) < 4.78 is 5.77. The molecule has 0 fully saturated rings. The second-order valence-corrected chi connectivity index (χ2v) is 9.83. The molecular formula is C29H34O4. The number of carbonyl (C=O) groups excluding carboxylic acids is 1. The van der Waals surface area contributed by atoms with Crippen molar-refractivity contribution in [2.24, 2.45) is 5.41 Å². The number of ketones is 1. The zero-order valence-corrected chi connectivity index (χ0v) is 20.3. The maximum absolute atomic E-state index is 12.1. The molecule has 4 nitrogen and oxygen atoms in total. The molecule has 4 heteroatoms. The lowest BCUT2D eigenvalue weighted by Crippen LogP contribution is -2.26. The molecule has 3 aromatic rings. The van der Waals surface area contributed by atoms with Crippen LogP contribution >= 0.6 is 0 Å². The van der Waals surface area contributed by atoms with Crippen LogP contribution in [0.2, 0.25) is 0 Å². The van der Waals surface area contributed by atoms with Gasteiger partial charge in [-0.25, -0.2) is 4.79 Å². The maximum Gasteiger partial charge on any atom is 0.335 e. The molecule has 0 aromatic heterocycles. The average Bonchev–Trinajstić information content (AvgIpc) is 2.77. The van der Waals surface area contributed by atoms with Gasteiger partial charge in [0.05, 0.1) is 5.56 Å². The van der Waals surface area contributed by atoms with E-state index in [4.69, 9.17) is 4.74 Å². The number of carboxylic acid groups (broad SMARTS) is 1. The normalized spacial score (nSPS) is 12.5. The van der Waals surface area contributed by atoms with E-state index < -0.39 is 11.4 Å². The minimum Gasteiger partial charge on any atom is -0.486 e. The standard InChI is InChI=1S/C29H34O4/c1-6-21(22-10-11-24-17-25(28(31)32)13-12-23(24)16-22)9-7-20-8-14-26(19(2)15-20)33-18-27(30)29(3,4)5/h8,10-17,21H,6-7,9,18H2,1-5H3,(H,31,32). The van der Waals surface area contributed by atoms with E-state index in [0.29, 0.717) is 11.5 Å². The molecule has 0 bridgehead atoms. The monoisotopic (exact) mass is 446 g/mol. The molecule has 3 aromatic carbocycles. The smallest absolute Gasteiger partial charge is 0.335 e. The Hall–Kier alpha value is -3.14. The second-order valence-electron chi connectivity index (χ2n) is 9.83. The van der Waals surface area contributed by atoms with Crippen LogP contribution in [0, 0.1) is 12.3 Å². The lowest BCUT2D eigenvalue weighted by molar-refractivity contribution is -0.128. The summed E-state index contributed by atoms with van der Waals surface area (Å²) in [6.45, 7) is 10.0. The van der Waals surface area contributed by atoms with Crippen molar-refractivity contribution >= 4 is 22.5 Å². The summed E-state index contributed by atoms with van der Waals surface area (Å²) in [5, 5.41) is 11.2. The number of benzene rings is 3. The molecule has 0 saturated carbocycles. The van der Waals surface area contributed by atoms with E-state index in [1.807, 2.05) is 45.9 Å². The number of hydrogen-bond donors (Lipinski definition) is 1. The van der Waals surface area contributed by atoms with Crippen LogP contribution in [0.25, 0.3) is 10.8 Å². The Morgan fingerprint density at radius 1 is 0.970 bits per heavy atom. The van der Waals surface area contributed by atoms with Crippen LogP contribution in [-0.4, -0.2) is 23.5 Å². The predicted octanol–water partition coefficient (Wildman–Crippen LogP) is 6.97. The van der Waals surface area contributed by atoms with E-state index in [0.717, 1.165) is 41.3 Å². The molecule has 0 amide bonds. The number of ether oxygens (including phenoxy) is 1. The van der Waals surface area contributed by atoms with Crippen molar-refractivity contribution in [2.75, 3.05) is 6.61 Å². The first-order valence-electron chi connectivity index (χ1n) is 11.6. The summed E-state index contributed by atoms with van der Waals surface area (Å²) in [5.41, 5.74) is 3.50. The number of carbonyl (C=O) groups is 2. The van der Waals surface area contributed by atoms with Crippen LogP contribution in [0.4, 0.5) is 0 Å². The third kappa shape index (κ3) is 6.22. The van der Waals surface area contributed by atoms with Crippen molar-refractivity contribution in [2.45, 2.75) is 59.8 Å². The molecule has 0 radical (unpaired) electrons. The third-order valence-corrected chi connectivity index (χ3v) is 6.29. The molecule has 0 spiro atoms. The highest BCUT2D eigenvalue weighted by atomic mass is 16.5. The zero-order valence-electron chi connectivity index (χ0n) is 20.3. The molecule has 3 rings (SSSR count). The number of carboxylic acids is 1. The van der Waals surface area contributed by atoms with E-state index in [9.17, 15) is 14.7 Å². The highest BCUT2D eigenvalue weighted by molar-refractivity contribution is 5.94. The number of fused-ring (bicyclic) bond motifs is 1. The lowest BCUT2D eigenvalue weighted by atomic mass is 9.88. The largest absolute Gasteiger partial charge is 0.486 e. The molecule has 1 atom stereocenters. The van der Waals surface area contributed by atoms with Gasteiger partial charge in [-0.05, 0) is 77.8 Å². The van der Waals surface area contributed by atoms with Gasteiger partial charge in [0, 0.05) is 5.41 Å². The molecule has 0 heterocycles. The molecular weight excluding hydrogens is 412 g/mol. The van der Waals surface area contributed by atoms with E-state index in [2.05, 4.69) is 31.2 Å². The van der Waals surface area contributed by atoms with Crippen molar-refractivity contribution in [3.8, 4) is 5.75 Å². The Bertz CT molecular complexity index is 1150. The first-order chi connectivity index (χ1) is 15.6. The van der Waals surface area contributed by atoms with Crippen LogP contribution in [-0.2, 0) is 11.2 Å². The molecule has 33 heavy (non-hydrogen) atoms. The van der Waals surface area contributed by atoms with Gasteiger partial charge in [0.2, 0.25) is 0 Å². The van der Waals surface area contributed by atoms with Crippen molar-refractivity contribution < 1.29 is 19.4 Å². The van der Waals surface area contributed by atoms with Crippen LogP contribution in [0.5, 0.6) is 5.75 Å². The van der Waals surface area contributed by atoms with Crippen LogP contribution in [0.1, 0.15) is 73.5 Å². The molecule has 1 N–H and O–H groups in total. The Morgan fingerprint density at radius 3 is 2.30 bits per heavy atom. The molecule has 0 aliphatic heterocycles.